The molecule has 0 spiro atoms. The van der Waals surface area contributed by atoms with E-state index in [1.54, 1.807) is 6.92 Å². The van der Waals surface area contributed by atoms with E-state index in [2.05, 4.69) is 27.7 Å². The van der Waals surface area contributed by atoms with Gasteiger partial charge in [0.05, 0.1) is 13.2 Å². The Bertz CT molecular complexity index is 563. The van der Waals surface area contributed by atoms with Gasteiger partial charge in [-0.05, 0) is 45.6 Å². The zero-order chi connectivity index (χ0) is 20.1. The molecule has 0 radical (unpaired) electrons. The van der Waals surface area contributed by atoms with Crippen LogP contribution in [0.2, 0.25) is 0 Å². The molecular weight excluding hydrogens is 336 g/mol. The molecule has 0 N–H and O–H groups in total. The van der Waals surface area contributed by atoms with Gasteiger partial charge in [-0.3, -0.25) is 4.79 Å². The maximum Gasteiger partial charge on any atom is 0.160 e. The van der Waals surface area contributed by atoms with Crippen LogP contribution in [-0.2, 0) is 6.42 Å². The van der Waals surface area contributed by atoms with Crippen LogP contribution < -0.4 is 9.47 Å². The summed E-state index contributed by atoms with van der Waals surface area (Å²) in [5.41, 5.74) is 2.89. The molecule has 154 valence electrons. The number of carbonyl (C=O) groups excluding carboxylic acids is 1. The maximum atomic E-state index is 12.4. The first-order valence-corrected chi connectivity index (χ1v) is 11.0. The molecule has 0 aliphatic carbocycles. The van der Waals surface area contributed by atoms with Crippen LogP contribution in [0.15, 0.2) is 6.07 Å². The van der Waals surface area contributed by atoms with Gasteiger partial charge in [-0.25, -0.2) is 0 Å². The van der Waals surface area contributed by atoms with Crippen molar-refractivity contribution in [1.29, 1.82) is 0 Å². The first kappa shape index (κ1) is 23.5. The number of hydrogen-bond donors (Lipinski definition) is 0. The summed E-state index contributed by atoms with van der Waals surface area (Å²) in [6.07, 6.45) is 11.1. The average Bonchev–Trinajstić information content (AvgIpc) is 2.65. The summed E-state index contributed by atoms with van der Waals surface area (Å²) < 4.78 is 12.3. The predicted octanol–water partition coefficient (Wildman–Crippen LogP) is 7.07. The second-order valence-electron chi connectivity index (χ2n) is 7.48. The average molecular weight is 377 g/mol. The van der Waals surface area contributed by atoms with Gasteiger partial charge in [-0.15, -0.1) is 0 Å². The molecule has 1 aromatic carbocycles. The van der Waals surface area contributed by atoms with Gasteiger partial charge in [0.1, 0.15) is 11.5 Å². The van der Waals surface area contributed by atoms with Crippen molar-refractivity contribution in [2.75, 3.05) is 13.2 Å². The van der Waals surface area contributed by atoms with E-state index in [0.717, 1.165) is 66.7 Å². The topological polar surface area (TPSA) is 35.5 Å². The van der Waals surface area contributed by atoms with Gasteiger partial charge in [-0.1, -0.05) is 59.3 Å². The van der Waals surface area contributed by atoms with Crippen LogP contribution in [0.4, 0.5) is 0 Å². The highest BCUT2D eigenvalue weighted by Crippen LogP contribution is 2.36. The normalized spacial score (nSPS) is 10.9. The molecule has 0 aliphatic heterocycles. The van der Waals surface area contributed by atoms with Crippen molar-refractivity contribution < 1.29 is 14.3 Å². The van der Waals surface area contributed by atoms with Crippen molar-refractivity contribution in [3.8, 4) is 11.5 Å². The molecule has 0 unspecified atom stereocenters. The lowest BCUT2D eigenvalue weighted by molar-refractivity contribution is 0.101. The molecule has 0 heterocycles. The minimum atomic E-state index is 0.0957. The van der Waals surface area contributed by atoms with E-state index in [9.17, 15) is 4.79 Å². The minimum absolute atomic E-state index is 0.0957. The standard InChI is InChI=1S/C24H40O3/c1-6-9-12-15-21-22(20(5)25)18-23(26-16-13-10-7-2)19(4)24(21)27-17-14-11-8-3/h18H,6-17H2,1-5H3. The third-order valence-electron chi connectivity index (χ3n) is 4.99. The maximum absolute atomic E-state index is 12.4. The molecule has 3 nitrogen and oxygen atoms in total. The Labute approximate surface area is 166 Å². The lowest BCUT2D eigenvalue weighted by atomic mass is 9.94. The lowest BCUT2D eigenvalue weighted by Gasteiger charge is -2.20. The van der Waals surface area contributed by atoms with Crippen LogP contribution in [0.25, 0.3) is 0 Å². The molecule has 0 amide bonds. The van der Waals surface area contributed by atoms with E-state index in [4.69, 9.17) is 9.47 Å². The van der Waals surface area contributed by atoms with E-state index in [1.807, 2.05) is 6.07 Å². The van der Waals surface area contributed by atoms with Gasteiger partial charge in [-0.2, -0.15) is 0 Å². The fraction of sp³-hybridized carbons (Fsp3) is 0.708. The minimum Gasteiger partial charge on any atom is -0.493 e. The van der Waals surface area contributed by atoms with Gasteiger partial charge in [0, 0.05) is 16.7 Å². The number of ketones is 1. The van der Waals surface area contributed by atoms with Crippen molar-refractivity contribution in [2.45, 2.75) is 98.8 Å². The Morgan fingerprint density at radius 1 is 0.852 bits per heavy atom. The van der Waals surface area contributed by atoms with Gasteiger partial charge in [0.15, 0.2) is 5.78 Å². The Kier molecular flexibility index (Phi) is 11.9. The van der Waals surface area contributed by atoms with E-state index >= 15 is 0 Å². The number of carbonyl (C=O) groups is 1. The molecule has 0 aromatic heterocycles. The smallest absolute Gasteiger partial charge is 0.160 e. The highest BCUT2D eigenvalue weighted by molar-refractivity contribution is 5.97. The summed E-state index contributed by atoms with van der Waals surface area (Å²) in [6, 6.07) is 1.95. The van der Waals surface area contributed by atoms with Gasteiger partial charge < -0.3 is 9.47 Å². The molecule has 0 bridgehead atoms. The van der Waals surface area contributed by atoms with Crippen LogP contribution in [0.5, 0.6) is 11.5 Å². The molecule has 0 aliphatic rings. The Morgan fingerprint density at radius 2 is 1.41 bits per heavy atom. The Balaban J connectivity index is 3.14. The molecule has 0 saturated carbocycles. The summed E-state index contributed by atoms with van der Waals surface area (Å²) in [6.45, 7) is 11.7. The van der Waals surface area contributed by atoms with Crippen molar-refractivity contribution in [3.63, 3.8) is 0 Å². The molecule has 1 rings (SSSR count). The summed E-state index contributed by atoms with van der Waals surface area (Å²) in [5.74, 6) is 1.79. The predicted molar refractivity (Wildman–Crippen MR) is 114 cm³/mol. The zero-order valence-corrected chi connectivity index (χ0v) is 18.3. The second-order valence-corrected chi connectivity index (χ2v) is 7.48. The first-order chi connectivity index (χ1) is 13.1. The SMILES string of the molecule is CCCCCOc1cc(C(C)=O)c(CCCCC)c(OCCCCC)c1C. The van der Waals surface area contributed by atoms with E-state index in [0.29, 0.717) is 13.2 Å². The Hall–Kier alpha value is -1.51. The van der Waals surface area contributed by atoms with Crippen molar-refractivity contribution in [3.05, 3.63) is 22.8 Å². The summed E-state index contributed by atoms with van der Waals surface area (Å²) in [4.78, 5) is 12.4. The highest BCUT2D eigenvalue weighted by atomic mass is 16.5. The zero-order valence-electron chi connectivity index (χ0n) is 18.3. The van der Waals surface area contributed by atoms with Crippen LogP contribution in [0.3, 0.4) is 0 Å². The molecule has 0 saturated heterocycles. The van der Waals surface area contributed by atoms with Crippen LogP contribution in [-0.4, -0.2) is 19.0 Å². The van der Waals surface area contributed by atoms with E-state index in [1.165, 1.54) is 25.7 Å². The van der Waals surface area contributed by atoms with Crippen molar-refractivity contribution >= 4 is 5.78 Å². The number of Topliss-reactive ketones (excluding diaryl/α,β-unsaturated/α-hetero) is 1. The molecule has 0 fully saturated rings. The third-order valence-corrected chi connectivity index (χ3v) is 4.99. The summed E-state index contributed by atoms with van der Waals surface area (Å²) in [5, 5.41) is 0. The van der Waals surface area contributed by atoms with Crippen molar-refractivity contribution in [1.82, 2.24) is 0 Å². The van der Waals surface area contributed by atoms with Gasteiger partial charge >= 0.3 is 0 Å². The van der Waals surface area contributed by atoms with Crippen molar-refractivity contribution in [2.24, 2.45) is 0 Å². The monoisotopic (exact) mass is 376 g/mol. The number of hydrogen-bond acceptors (Lipinski definition) is 3. The van der Waals surface area contributed by atoms with Crippen LogP contribution >= 0.6 is 0 Å². The summed E-state index contributed by atoms with van der Waals surface area (Å²) >= 11 is 0. The fourth-order valence-corrected chi connectivity index (χ4v) is 3.31. The van der Waals surface area contributed by atoms with Crippen LogP contribution in [0, 0.1) is 6.92 Å². The quantitative estimate of drug-likeness (QED) is 0.242. The lowest BCUT2D eigenvalue weighted by Crippen LogP contribution is -2.10. The number of rotatable bonds is 15. The van der Waals surface area contributed by atoms with Gasteiger partial charge in [0.2, 0.25) is 0 Å². The second kappa shape index (κ2) is 13.6. The Morgan fingerprint density at radius 3 is 1.96 bits per heavy atom. The first-order valence-electron chi connectivity index (χ1n) is 11.0. The number of benzene rings is 1. The molecule has 27 heavy (non-hydrogen) atoms. The molecule has 1 aromatic rings. The van der Waals surface area contributed by atoms with Crippen LogP contribution in [0.1, 0.15) is 107 Å². The molecular formula is C24H40O3. The van der Waals surface area contributed by atoms with E-state index < -0.39 is 0 Å². The molecule has 0 atom stereocenters. The van der Waals surface area contributed by atoms with E-state index in [-0.39, 0.29) is 5.78 Å². The number of ether oxygens (including phenoxy) is 2. The highest BCUT2D eigenvalue weighted by Gasteiger charge is 2.20. The third kappa shape index (κ3) is 7.94. The molecule has 3 heteroatoms. The van der Waals surface area contributed by atoms with Gasteiger partial charge in [0.25, 0.3) is 0 Å². The largest absolute Gasteiger partial charge is 0.493 e. The summed E-state index contributed by atoms with van der Waals surface area (Å²) in [7, 11) is 0. The fourth-order valence-electron chi connectivity index (χ4n) is 3.31. The number of unbranched alkanes of at least 4 members (excludes halogenated alkanes) is 6.